The minimum atomic E-state index is -3.15. The van der Waals surface area contributed by atoms with Crippen molar-refractivity contribution in [3.05, 3.63) is 11.5 Å². The van der Waals surface area contributed by atoms with E-state index in [2.05, 4.69) is 4.72 Å². The summed E-state index contributed by atoms with van der Waals surface area (Å²) in [7, 11) is -1.76. The van der Waals surface area contributed by atoms with Crippen LogP contribution in [0.5, 0.6) is 0 Å². The van der Waals surface area contributed by atoms with E-state index < -0.39 is 10.0 Å². The highest BCUT2D eigenvalue weighted by Crippen LogP contribution is 1.95. The van der Waals surface area contributed by atoms with E-state index in [0.29, 0.717) is 0 Å². The summed E-state index contributed by atoms with van der Waals surface area (Å²) in [5, 5.41) is 1.18. The first-order valence-electron chi connectivity index (χ1n) is 3.09. The van der Waals surface area contributed by atoms with Crippen LogP contribution >= 0.6 is 0 Å². The third-order valence-electron chi connectivity index (χ3n) is 0.927. The number of sulfonamides is 1. The van der Waals surface area contributed by atoms with Gasteiger partial charge in [-0.3, -0.25) is 0 Å². The third kappa shape index (κ3) is 4.52. The molecule has 0 atom stereocenters. The molecule has 0 heterocycles. The van der Waals surface area contributed by atoms with E-state index in [1.807, 2.05) is 13.8 Å². The van der Waals surface area contributed by atoms with Crippen LogP contribution in [-0.4, -0.2) is 15.5 Å². The van der Waals surface area contributed by atoms with Crippen molar-refractivity contribution in [2.75, 3.05) is 7.05 Å². The number of rotatable bonds is 3. The van der Waals surface area contributed by atoms with Gasteiger partial charge in [-0.15, -0.1) is 0 Å². The lowest BCUT2D eigenvalue weighted by Gasteiger charge is -1.94. The summed E-state index contributed by atoms with van der Waals surface area (Å²) < 4.78 is 23.6. The van der Waals surface area contributed by atoms with Gasteiger partial charge in [-0.1, -0.05) is 19.9 Å². The van der Waals surface area contributed by atoms with Gasteiger partial charge < -0.3 is 0 Å². The van der Waals surface area contributed by atoms with Crippen molar-refractivity contribution in [2.24, 2.45) is 5.92 Å². The molecule has 0 unspecified atom stereocenters. The fraction of sp³-hybridized carbons (Fsp3) is 0.667. The van der Waals surface area contributed by atoms with E-state index >= 15 is 0 Å². The first-order valence-corrected chi connectivity index (χ1v) is 4.64. The topological polar surface area (TPSA) is 46.2 Å². The minimum absolute atomic E-state index is 0.267. The Morgan fingerprint density at radius 3 is 2.20 bits per heavy atom. The molecule has 0 saturated heterocycles. The van der Waals surface area contributed by atoms with Gasteiger partial charge in [-0.05, 0) is 13.0 Å². The van der Waals surface area contributed by atoms with E-state index in [0.717, 1.165) is 0 Å². The summed E-state index contributed by atoms with van der Waals surface area (Å²) in [6.45, 7) is 3.84. The van der Waals surface area contributed by atoms with Crippen molar-refractivity contribution < 1.29 is 8.42 Å². The second-order valence-corrected chi connectivity index (χ2v) is 4.09. The van der Waals surface area contributed by atoms with E-state index in [9.17, 15) is 8.42 Å². The lowest BCUT2D eigenvalue weighted by atomic mass is 10.2. The SMILES string of the molecule is CNS(=O)(=O)/C=C/C(C)C. The Kier molecular flexibility index (Phi) is 3.60. The van der Waals surface area contributed by atoms with E-state index in [1.54, 1.807) is 6.08 Å². The largest absolute Gasteiger partial charge is 0.233 e. The first-order chi connectivity index (χ1) is 4.48. The molecule has 60 valence electrons. The van der Waals surface area contributed by atoms with Crippen LogP contribution in [0.2, 0.25) is 0 Å². The zero-order valence-electron chi connectivity index (χ0n) is 6.46. The average Bonchev–Trinajstić information content (AvgIpc) is 1.85. The maximum Gasteiger partial charge on any atom is 0.233 e. The molecule has 0 aliphatic heterocycles. The molecule has 10 heavy (non-hydrogen) atoms. The molecular formula is C6H13NO2S. The normalized spacial score (nSPS) is 13.2. The van der Waals surface area contributed by atoms with E-state index in [-0.39, 0.29) is 5.92 Å². The molecule has 1 N–H and O–H groups in total. The quantitative estimate of drug-likeness (QED) is 0.666. The Morgan fingerprint density at radius 2 is 1.90 bits per heavy atom. The summed E-state index contributed by atoms with van der Waals surface area (Å²) in [6.07, 6.45) is 1.63. The summed E-state index contributed by atoms with van der Waals surface area (Å²) in [6, 6.07) is 0. The third-order valence-corrected chi connectivity index (χ3v) is 2.01. The molecule has 0 aromatic rings. The van der Waals surface area contributed by atoms with Crippen molar-refractivity contribution in [1.82, 2.24) is 4.72 Å². The maximum atomic E-state index is 10.7. The summed E-state index contributed by atoms with van der Waals surface area (Å²) in [5.41, 5.74) is 0. The highest BCUT2D eigenvalue weighted by Gasteiger charge is 1.98. The Bertz CT molecular complexity index is 204. The van der Waals surface area contributed by atoms with Crippen molar-refractivity contribution >= 4 is 10.0 Å². The molecule has 0 spiro atoms. The van der Waals surface area contributed by atoms with Gasteiger partial charge in [0.1, 0.15) is 0 Å². The lowest BCUT2D eigenvalue weighted by Crippen LogP contribution is -2.15. The zero-order valence-corrected chi connectivity index (χ0v) is 7.27. The number of nitrogens with one attached hydrogen (secondary N) is 1. The molecule has 0 aliphatic rings. The fourth-order valence-electron chi connectivity index (χ4n) is 0.329. The van der Waals surface area contributed by atoms with Crippen molar-refractivity contribution in [2.45, 2.75) is 13.8 Å². The Hall–Kier alpha value is -0.350. The van der Waals surface area contributed by atoms with E-state index in [4.69, 9.17) is 0 Å². The van der Waals surface area contributed by atoms with Crippen LogP contribution in [0.1, 0.15) is 13.8 Å². The van der Waals surface area contributed by atoms with Crippen LogP contribution in [0, 0.1) is 5.92 Å². The van der Waals surface area contributed by atoms with Gasteiger partial charge in [0.25, 0.3) is 0 Å². The van der Waals surface area contributed by atoms with Gasteiger partial charge in [0, 0.05) is 5.41 Å². The fourth-order valence-corrected chi connectivity index (χ4v) is 0.986. The monoisotopic (exact) mass is 163 g/mol. The molecule has 0 aromatic heterocycles. The smallest absolute Gasteiger partial charge is 0.215 e. The van der Waals surface area contributed by atoms with Crippen LogP contribution in [0.4, 0.5) is 0 Å². The average molecular weight is 163 g/mol. The summed E-state index contributed by atoms with van der Waals surface area (Å²) in [4.78, 5) is 0. The van der Waals surface area contributed by atoms with Gasteiger partial charge in [0.15, 0.2) is 0 Å². The second-order valence-electron chi connectivity index (χ2n) is 2.32. The number of hydrogen-bond acceptors (Lipinski definition) is 2. The molecular weight excluding hydrogens is 150 g/mol. The molecule has 4 heteroatoms. The van der Waals surface area contributed by atoms with Crippen LogP contribution in [-0.2, 0) is 10.0 Å². The van der Waals surface area contributed by atoms with Crippen molar-refractivity contribution in [3.8, 4) is 0 Å². The molecule has 0 amide bonds. The Morgan fingerprint density at radius 1 is 1.40 bits per heavy atom. The van der Waals surface area contributed by atoms with Crippen molar-refractivity contribution in [3.63, 3.8) is 0 Å². The standard InChI is InChI=1S/C6H13NO2S/c1-6(2)4-5-10(8,9)7-3/h4-7H,1-3H3/b5-4+. The van der Waals surface area contributed by atoms with E-state index in [1.165, 1.54) is 12.5 Å². The molecule has 0 saturated carbocycles. The van der Waals surface area contributed by atoms with Crippen LogP contribution in [0.3, 0.4) is 0 Å². The predicted molar refractivity (Wildman–Crippen MR) is 42.0 cm³/mol. The Labute approximate surface area is 62.2 Å². The van der Waals surface area contributed by atoms with Crippen molar-refractivity contribution in [1.29, 1.82) is 0 Å². The first kappa shape index (κ1) is 9.65. The molecule has 0 fully saturated rings. The number of allylic oxidation sites excluding steroid dienone is 1. The second kappa shape index (κ2) is 3.73. The van der Waals surface area contributed by atoms with Crippen LogP contribution in [0.15, 0.2) is 11.5 Å². The zero-order chi connectivity index (χ0) is 8.20. The van der Waals surface area contributed by atoms with Crippen LogP contribution in [0.25, 0.3) is 0 Å². The lowest BCUT2D eigenvalue weighted by molar-refractivity contribution is 0.597. The van der Waals surface area contributed by atoms with Gasteiger partial charge >= 0.3 is 0 Å². The van der Waals surface area contributed by atoms with Gasteiger partial charge in [0.05, 0.1) is 0 Å². The van der Waals surface area contributed by atoms with Crippen LogP contribution < -0.4 is 4.72 Å². The molecule has 0 radical (unpaired) electrons. The molecule has 3 nitrogen and oxygen atoms in total. The summed E-state index contributed by atoms with van der Waals surface area (Å²) in [5.74, 6) is 0.267. The predicted octanol–water partition coefficient (Wildman–Crippen LogP) is 0.705. The number of hydrogen-bond donors (Lipinski definition) is 1. The molecule has 0 aromatic carbocycles. The highest BCUT2D eigenvalue weighted by molar-refractivity contribution is 7.92. The molecule has 0 bridgehead atoms. The van der Waals surface area contributed by atoms with Gasteiger partial charge in [-0.25, -0.2) is 13.1 Å². The minimum Gasteiger partial charge on any atom is -0.215 e. The Balaban J connectivity index is 4.15. The maximum absolute atomic E-state index is 10.7. The van der Waals surface area contributed by atoms with Gasteiger partial charge in [-0.2, -0.15) is 0 Å². The molecule has 0 rings (SSSR count). The highest BCUT2D eigenvalue weighted by atomic mass is 32.2. The van der Waals surface area contributed by atoms with Gasteiger partial charge in [0.2, 0.25) is 10.0 Å². The molecule has 0 aliphatic carbocycles. The summed E-state index contributed by atoms with van der Waals surface area (Å²) >= 11 is 0.